The molecule has 1 heterocycles. The third-order valence-electron chi connectivity index (χ3n) is 3.41. The number of hydrogen-bond donors (Lipinski definition) is 1. The lowest BCUT2D eigenvalue weighted by atomic mass is 9.94. The third kappa shape index (κ3) is 4.88. The number of methoxy groups -OCH3 is 1. The van der Waals surface area contributed by atoms with Gasteiger partial charge < -0.3 is 9.84 Å². The van der Waals surface area contributed by atoms with Crippen LogP contribution in [0.4, 0.5) is 0 Å². The van der Waals surface area contributed by atoms with Gasteiger partial charge in [0.05, 0.1) is 7.11 Å². The van der Waals surface area contributed by atoms with E-state index in [0.29, 0.717) is 18.1 Å². The zero-order chi connectivity index (χ0) is 12.7. The lowest BCUT2D eigenvalue weighted by Crippen LogP contribution is -2.34. The second kappa shape index (κ2) is 7.45. The quantitative estimate of drug-likeness (QED) is 0.580. The number of aliphatic hydroxyl groups is 1. The van der Waals surface area contributed by atoms with E-state index in [1.807, 2.05) is 6.08 Å². The Kier molecular flexibility index (Phi) is 6.22. The minimum atomic E-state index is -0.250. The molecule has 0 spiro atoms. The molecular weight excluding hydrogens is 218 g/mol. The zero-order valence-electron chi connectivity index (χ0n) is 10.8. The van der Waals surface area contributed by atoms with Gasteiger partial charge in [0.2, 0.25) is 0 Å². The molecule has 0 saturated carbocycles. The van der Waals surface area contributed by atoms with Crippen LogP contribution in [-0.4, -0.2) is 49.3 Å². The Morgan fingerprint density at radius 3 is 2.65 bits per heavy atom. The predicted octanol–water partition coefficient (Wildman–Crippen LogP) is 1.20. The molecule has 0 radical (unpaired) electrons. The molecule has 1 fully saturated rings. The second-order valence-electron chi connectivity index (χ2n) is 4.63. The van der Waals surface area contributed by atoms with E-state index in [9.17, 15) is 4.79 Å². The van der Waals surface area contributed by atoms with Crippen molar-refractivity contribution in [1.82, 2.24) is 4.90 Å². The standard InChI is InChI=1S/C13H23NO3/c1-11(13(16)17-2)3-7-14-8-4-12(5-9-14)6-10-15/h3,12,15H,4-10H2,1-2H3. The van der Waals surface area contributed by atoms with E-state index in [1.165, 1.54) is 7.11 Å². The molecule has 1 aliphatic rings. The summed E-state index contributed by atoms with van der Waals surface area (Å²) < 4.78 is 4.65. The van der Waals surface area contributed by atoms with Crippen LogP contribution in [0.3, 0.4) is 0 Å². The average Bonchev–Trinajstić information content (AvgIpc) is 2.37. The molecule has 0 aromatic heterocycles. The van der Waals surface area contributed by atoms with Gasteiger partial charge in [-0.05, 0) is 45.2 Å². The van der Waals surface area contributed by atoms with Gasteiger partial charge in [0, 0.05) is 18.7 Å². The van der Waals surface area contributed by atoms with Crippen molar-refractivity contribution < 1.29 is 14.6 Å². The highest BCUT2D eigenvalue weighted by Gasteiger charge is 2.17. The topological polar surface area (TPSA) is 49.8 Å². The molecule has 0 aromatic carbocycles. The number of carbonyl (C=O) groups is 1. The number of nitrogens with zero attached hydrogens (tertiary/aromatic N) is 1. The lowest BCUT2D eigenvalue weighted by molar-refractivity contribution is -0.136. The van der Waals surface area contributed by atoms with Crippen LogP contribution in [0.1, 0.15) is 26.2 Å². The van der Waals surface area contributed by atoms with E-state index in [-0.39, 0.29) is 5.97 Å². The summed E-state index contributed by atoms with van der Waals surface area (Å²) in [6.07, 6.45) is 5.14. The Morgan fingerprint density at radius 2 is 2.12 bits per heavy atom. The Bertz CT molecular complexity index is 268. The highest BCUT2D eigenvalue weighted by molar-refractivity contribution is 5.87. The summed E-state index contributed by atoms with van der Waals surface area (Å²) in [7, 11) is 1.40. The van der Waals surface area contributed by atoms with Gasteiger partial charge in [-0.3, -0.25) is 4.90 Å². The van der Waals surface area contributed by atoms with Crippen molar-refractivity contribution in [3.8, 4) is 0 Å². The van der Waals surface area contributed by atoms with E-state index in [2.05, 4.69) is 9.64 Å². The fourth-order valence-corrected chi connectivity index (χ4v) is 2.15. The summed E-state index contributed by atoms with van der Waals surface area (Å²) in [4.78, 5) is 13.5. The molecule has 1 rings (SSSR count). The number of likely N-dealkylation sites (tertiary alicyclic amines) is 1. The number of carbonyl (C=O) groups excluding carboxylic acids is 1. The lowest BCUT2D eigenvalue weighted by Gasteiger charge is -2.30. The van der Waals surface area contributed by atoms with Gasteiger partial charge in [-0.15, -0.1) is 0 Å². The number of rotatable bonds is 5. The number of ether oxygens (including phenoxy) is 1. The molecule has 1 aliphatic heterocycles. The maximum absolute atomic E-state index is 11.2. The molecule has 0 bridgehead atoms. The van der Waals surface area contributed by atoms with Crippen LogP contribution in [0.5, 0.6) is 0 Å². The summed E-state index contributed by atoms with van der Waals surface area (Å²) in [6.45, 7) is 4.99. The van der Waals surface area contributed by atoms with Crippen molar-refractivity contribution >= 4 is 5.97 Å². The first-order valence-corrected chi connectivity index (χ1v) is 6.25. The predicted molar refractivity (Wildman–Crippen MR) is 66.6 cm³/mol. The third-order valence-corrected chi connectivity index (χ3v) is 3.41. The van der Waals surface area contributed by atoms with Crippen LogP contribution in [-0.2, 0) is 9.53 Å². The normalized spacial score (nSPS) is 19.4. The maximum Gasteiger partial charge on any atom is 0.333 e. The van der Waals surface area contributed by atoms with Crippen LogP contribution >= 0.6 is 0 Å². The van der Waals surface area contributed by atoms with E-state index in [0.717, 1.165) is 38.9 Å². The van der Waals surface area contributed by atoms with Crippen molar-refractivity contribution in [2.24, 2.45) is 5.92 Å². The summed E-state index contributed by atoms with van der Waals surface area (Å²) in [6, 6.07) is 0. The van der Waals surface area contributed by atoms with Gasteiger partial charge in [0.15, 0.2) is 0 Å². The molecule has 0 amide bonds. The molecule has 4 heteroatoms. The fraction of sp³-hybridized carbons (Fsp3) is 0.769. The SMILES string of the molecule is COC(=O)C(C)=CCN1CCC(CCO)CC1. The molecule has 98 valence electrons. The molecule has 4 nitrogen and oxygen atoms in total. The van der Waals surface area contributed by atoms with Gasteiger partial charge in [-0.2, -0.15) is 0 Å². The molecule has 1 saturated heterocycles. The van der Waals surface area contributed by atoms with Crippen LogP contribution in [0, 0.1) is 5.92 Å². The smallest absolute Gasteiger partial charge is 0.333 e. The summed E-state index contributed by atoms with van der Waals surface area (Å²) >= 11 is 0. The fourth-order valence-electron chi connectivity index (χ4n) is 2.15. The highest BCUT2D eigenvalue weighted by Crippen LogP contribution is 2.19. The molecular formula is C13H23NO3. The molecule has 17 heavy (non-hydrogen) atoms. The van der Waals surface area contributed by atoms with Crippen LogP contribution in [0.15, 0.2) is 11.6 Å². The van der Waals surface area contributed by atoms with Gasteiger partial charge in [0.1, 0.15) is 0 Å². The molecule has 0 atom stereocenters. The van der Waals surface area contributed by atoms with Crippen LogP contribution in [0.2, 0.25) is 0 Å². The van der Waals surface area contributed by atoms with E-state index < -0.39 is 0 Å². The summed E-state index contributed by atoms with van der Waals surface area (Å²) in [5, 5.41) is 8.87. The average molecular weight is 241 g/mol. The van der Waals surface area contributed by atoms with Gasteiger partial charge in [-0.1, -0.05) is 6.08 Å². The van der Waals surface area contributed by atoms with Gasteiger partial charge >= 0.3 is 5.97 Å². The Balaban J connectivity index is 2.28. The number of esters is 1. The van der Waals surface area contributed by atoms with Crippen LogP contribution in [0.25, 0.3) is 0 Å². The first kappa shape index (κ1) is 14.2. The van der Waals surface area contributed by atoms with Crippen molar-refractivity contribution in [3.63, 3.8) is 0 Å². The summed E-state index contributed by atoms with van der Waals surface area (Å²) in [5.41, 5.74) is 0.671. The van der Waals surface area contributed by atoms with E-state index in [4.69, 9.17) is 5.11 Å². The van der Waals surface area contributed by atoms with Gasteiger partial charge in [0.25, 0.3) is 0 Å². The molecule has 0 aliphatic carbocycles. The first-order valence-electron chi connectivity index (χ1n) is 6.25. The summed E-state index contributed by atoms with van der Waals surface area (Å²) in [5.74, 6) is 0.419. The largest absolute Gasteiger partial charge is 0.466 e. The minimum Gasteiger partial charge on any atom is -0.466 e. The first-order chi connectivity index (χ1) is 8.17. The Labute approximate surface area is 103 Å². The van der Waals surface area contributed by atoms with Crippen molar-refractivity contribution in [2.45, 2.75) is 26.2 Å². The van der Waals surface area contributed by atoms with Crippen molar-refractivity contribution in [2.75, 3.05) is 33.4 Å². The Morgan fingerprint density at radius 1 is 1.47 bits per heavy atom. The maximum atomic E-state index is 11.2. The second-order valence-corrected chi connectivity index (χ2v) is 4.63. The Hall–Kier alpha value is -0.870. The number of aliphatic hydroxyl groups excluding tert-OH is 1. The minimum absolute atomic E-state index is 0.250. The van der Waals surface area contributed by atoms with E-state index >= 15 is 0 Å². The molecule has 1 N–H and O–H groups in total. The van der Waals surface area contributed by atoms with Crippen molar-refractivity contribution in [3.05, 3.63) is 11.6 Å². The van der Waals surface area contributed by atoms with Crippen molar-refractivity contribution in [1.29, 1.82) is 0 Å². The number of piperidine rings is 1. The van der Waals surface area contributed by atoms with Gasteiger partial charge in [-0.25, -0.2) is 4.79 Å². The molecule has 0 unspecified atom stereocenters. The number of hydrogen-bond acceptors (Lipinski definition) is 4. The molecule has 0 aromatic rings. The van der Waals surface area contributed by atoms with Crippen LogP contribution < -0.4 is 0 Å². The highest BCUT2D eigenvalue weighted by atomic mass is 16.5. The monoisotopic (exact) mass is 241 g/mol. The van der Waals surface area contributed by atoms with E-state index in [1.54, 1.807) is 6.92 Å². The zero-order valence-corrected chi connectivity index (χ0v) is 10.8.